The number of benzene rings is 6. The van der Waals surface area contributed by atoms with Crippen LogP contribution in [0.2, 0.25) is 0 Å². The summed E-state index contributed by atoms with van der Waals surface area (Å²) in [6.45, 7) is 9.41. The molecule has 0 saturated heterocycles. The Labute approximate surface area is 297 Å². The summed E-state index contributed by atoms with van der Waals surface area (Å²) in [4.78, 5) is 7.94. The van der Waals surface area contributed by atoms with E-state index in [1.807, 2.05) is 11.3 Å². The van der Waals surface area contributed by atoms with Gasteiger partial charge in [-0.05, 0) is 100 Å². The van der Waals surface area contributed by atoms with Crippen LogP contribution >= 0.6 is 11.3 Å². The molecule has 2 nitrogen and oxygen atoms in total. The lowest BCUT2D eigenvalue weighted by Crippen LogP contribution is -2.19. The Morgan fingerprint density at radius 3 is 1.84 bits per heavy atom. The van der Waals surface area contributed by atoms with Gasteiger partial charge in [0.25, 0.3) is 0 Å². The highest BCUT2D eigenvalue weighted by Gasteiger charge is 2.43. The minimum atomic E-state index is -0.250. The van der Waals surface area contributed by atoms with E-state index in [2.05, 4.69) is 178 Å². The largest absolute Gasteiger partial charge is 0.310 e. The summed E-state index contributed by atoms with van der Waals surface area (Å²) in [6, 6.07) is 53.5. The van der Waals surface area contributed by atoms with Crippen LogP contribution in [0.1, 0.15) is 50.1 Å². The molecule has 0 fully saturated rings. The fourth-order valence-corrected chi connectivity index (χ4v) is 9.61. The smallest absolute Gasteiger partial charge is 0.0750 e. The van der Waals surface area contributed by atoms with Crippen molar-refractivity contribution in [3.63, 3.8) is 0 Å². The van der Waals surface area contributed by atoms with Gasteiger partial charge in [0, 0.05) is 59.2 Å². The van der Waals surface area contributed by atoms with Crippen LogP contribution in [0, 0.1) is 0 Å². The van der Waals surface area contributed by atoms with Crippen molar-refractivity contribution in [2.45, 2.75) is 38.5 Å². The zero-order valence-corrected chi connectivity index (χ0v) is 29.5. The molecule has 8 aromatic rings. The highest BCUT2D eigenvalue weighted by molar-refractivity contribution is 7.25. The van der Waals surface area contributed by atoms with Crippen LogP contribution in [0.5, 0.6) is 0 Å². The maximum Gasteiger partial charge on any atom is 0.0750 e. The molecule has 0 radical (unpaired) electrons. The second-order valence-corrected chi connectivity index (χ2v) is 15.9. The van der Waals surface area contributed by atoms with Crippen molar-refractivity contribution < 1.29 is 0 Å². The number of pyridine rings is 1. The van der Waals surface area contributed by atoms with Gasteiger partial charge in [0.2, 0.25) is 0 Å². The van der Waals surface area contributed by atoms with E-state index in [4.69, 9.17) is 4.98 Å². The van der Waals surface area contributed by atoms with E-state index < -0.39 is 0 Å². The first-order valence-corrected chi connectivity index (χ1v) is 18.3. The zero-order valence-electron chi connectivity index (χ0n) is 28.7. The summed E-state index contributed by atoms with van der Waals surface area (Å²) in [5.74, 6) is 0. The summed E-state index contributed by atoms with van der Waals surface area (Å²) in [5, 5.41) is 2.67. The maximum atomic E-state index is 5.59. The predicted octanol–water partition coefficient (Wildman–Crippen LogP) is 13.2. The Kier molecular flexibility index (Phi) is 6.17. The van der Waals surface area contributed by atoms with Crippen molar-refractivity contribution in [1.29, 1.82) is 0 Å². The molecule has 0 unspecified atom stereocenters. The molecule has 0 amide bonds. The van der Waals surface area contributed by atoms with Crippen molar-refractivity contribution >= 4 is 48.6 Å². The lowest BCUT2D eigenvalue weighted by Gasteiger charge is -2.27. The van der Waals surface area contributed by atoms with E-state index in [1.165, 1.54) is 64.7 Å². The Bertz CT molecular complexity index is 2610. The van der Waals surface area contributed by atoms with Crippen LogP contribution in [0.4, 0.5) is 17.1 Å². The molecule has 0 N–H and O–H groups in total. The molecule has 240 valence electrons. The molecule has 2 heterocycles. The monoisotopic (exact) mass is 660 g/mol. The minimum Gasteiger partial charge on any atom is -0.310 e. The van der Waals surface area contributed by atoms with Gasteiger partial charge in [-0.25, -0.2) is 0 Å². The molecule has 10 rings (SSSR count). The lowest BCUT2D eigenvalue weighted by molar-refractivity contribution is 0.631. The second-order valence-electron chi connectivity index (χ2n) is 14.8. The van der Waals surface area contributed by atoms with Crippen molar-refractivity contribution in [1.82, 2.24) is 4.98 Å². The van der Waals surface area contributed by atoms with Crippen molar-refractivity contribution in [2.24, 2.45) is 0 Å². The number of aromatic nitrogens is 1. The molecule has 0 aliphatic heterocycles. The summed E-state index contributed by atoms with van der Waals surface area (Å²) < 4.78 is 2.68. The number of anilines is 3. The number of hydrogen-bond acceptors (Lipinski definition) is 3. The molecule has 50 heavy (non-hydrogen) atoms. The Morgan fingerprint density at radius 2 is 1.08 bits per heavy atom. The standard InChI is InChI=1S/C47H36N2S/c1-46(2)39-26-30(29-20-24-43-37(25-29)35-17-11-12-18-42(35)50-43)19-22-36(39)44-41(46)28-38-34-23-21-33(27-40(34)47(3,4)45(38)48-44)49(31-13-7-5-8-14-31)32-15-9-6-10-16-32/h5-28H,1-4H3. The SMILES string of the molecule is CC1(C)c2cc(-c3ccc4sc5ccccc5c4c3)ccc2-c2nc3c(cc21)-c1ccc(N(c2ccccc2)c2ccccc2)cc1C3(C)C. The molecule has 0 bridgehead atoms. The number of rotatable bonds is 4. The number of fused-ring (bicyclic) bond motifs is 9. The predicted molar refractivity (Wildman–Crippen MR) is 212 cm³/mol. The van der Waals surface area contributed by atoms with Crippen LogP contribution in [-0.4, -0.2) is 4.98 Å². The van der Waals surface area contributed by atoms with Crippen LogP contribution in [-0.2, 0) is 10.8 Å². The normalized spacial score (nSPS) is 14.7. The van der Waals surface area contributed by atoms with Crippen LogP contribution in [0.3, 0.4) is 0 Å². The second kappa shape index (κ2) is 10.5. The van der Waals surface area contributed by atoms with Crippen molar-refractivity contribution in [3.05, 3.63) is 168 Å². The topological polar surface area (TPSA) is 16.1 Å². The van der Waals surface area contributed by atoms with E-state index in [0.717, 1.165) is 28.5 Å². The van der Waals surface area contributed by atoms with E-state index >= 15 is 0 Å². The molecule has 0 saturated carbocycles. The third kappa shape index (κ3) is 4.17. The fourth-order valence-electron chi connectivity index (χ4n) is 8.53. The lowest BCUT2D eigenvalue weighted by atomic mass is 9.81. The zero-order chi connectivity index (χ0) is 33.8. The third-order valence-corrected chi connectivity index (χ3v) is 12.4. The van der Waals surface area contributed by atoms with Gasteiger partial charge < -0.3 is 4.90 Å². The van der Waals surface area contributed by atoms with Gasteiger partial charge in [-0.2, -0.15) is 0 Å². The van der Waals surface area contributed by atoms with Gasteiger partial charge in [-0.1, -0.05) is 107 Å². The first kappa shape index (κ1) is 29.4. The van der Waals surface area contributed by atoms with E-state index in [1.54, 1.807) is 0 Å². The average Bonchev–Trinajstić information content (AvgIpc) is 3.71. The molecule has 0 spiro atoms. The molecule has 6 aromatic carbocycles. The number of hydrogen-bond donors (Lipinski definition) is 0. The van der Waals surface area contributed by atoms with Gasteiger partial charge in [0.1, 0.15) is 0 Å². The first-order valence-electron chi connectivity index (χ1n) is 17.5. The summed E-state index contributed by atoms with van der Waals surface area (Å²) in [5.41, 5.74) is 15.6. The molecule has 3 heteroatoms. The minimum absolute atomic E-state index is 0.174. The highest BCUT2D eigenvalue weighted by atomic mass is 32.1. The number of thiophene rings is 1. The Balaban J connectivity index is 1.07. The molecule has 2 aromatic heterocycles. The Hall–Kier alpha value is -5.51. The van der Waals surface area contributed by atoms with Gasteiger partial charge >= 0.3 is 0 Å². The maximum absolute atomic E-state index is 5.59. The number of nitrogens with zero attached hydrogens (tertiary/aromatic N) is 2. The van der Waals surface area contributed by atoms with E-state index in [-0.39, 0.29) is 10.8 Å². The molecular weight excluding hydrogens is 625 g/mol. The fraction of sp³-hybridized carbons (Fsp3) is 0.128. The first-order chi connectivity index (χ1) is 24.3. The van der Waals surface area contributed by atoms with Crippen molar-refractivity contribution in [3.8, 4) is 33.5 Å². The molecule has 2 aliphatic carbocycles. The van der Waals surface area contributed by atoms with Gasteiger partial charge in [0.15, 0.2) is 0 Å². The third-order valence-electron chi connectivity index (χ3n) is 11.2. The van der Waals surface area contributed by atoms with Crippen LogP contribution in [0.25, 0.3) is 53.7 Å². The summed E-state index contributed by atoms with van der Waals surface area (Å²) in [6.07, 6.45) is 0. The molecule has 0 atom stereocenters. The van der Waals surface area contributed by atoms with E-state index in [0.29, 0.717) is 0 Å². The number of para-hydroxylation sites is 2. The van der Waals surface area contributed by atoms with Gasteiger partial charge in [-0.15, -0.1) is 11.3 Å². The highest BCUT2D eigenvalue weighted by Crippen LogP contribution is 2.56. The van der Waals surface area contributed by atoms with Gasteiger partial charge in [0.05, 0.1) is 11.4 Å². The summed E-state index contributed by atoms with van der Waals surface area (Å²) in [7, 11) is 0. The quantitative estimate of drug-likeness (QED) is 0.187. The molecule has 2 aliphatic rings. The van der Waals surface area contributed by atoms with E-state index in [9.17, 15) is 0 Å². The Morgan fingerprint density at radius 1 is 0.460 bits per heavy atom. The van der Waals surface area contributed by atoms with Crippen molar-refractivity contribution in [2.75, 3.05) is 4.90 Å². The molecular formula is C47H36N2S. The van der Waals surface area contributed by atoms with Crippen LogP contribution in [0.15, 0.2) is 146 Å². The average molecular weight is 661 g/mol. The summed E-state index contributed by atoms with van der Waals surface area (Å²) >= 11 is 1.87. The van der Waals surface area contributed by atoms with Crippen LogP contribution < -0.4 is 4.90 Å². The van der Waals surface area contributed by atoms with Gasteiger partial charge in [-0.3, -0.25) is 4.98 Å².